The van der Waals surface area contributed by atoms with Crippen LogP contribution in [0.2, 0.25) is 0 Å². The van der Waals surface area contributed by atoms with Crippen LogP contribution in [0.15, 0.2) is 35.3 Å². The van der Waals surface area contributed by atoms with Gasteiger partial charge in [-0.2, -0.15) is 0 Å². The molecule has 0 N–H and O–H groups in total. The molecule has 0 aromatic heterocycles. The van der Waals surface area contributed by atoms with Gasteiger partial charge in [0.2, 0.25) is 0 Å². The summed E-state index contributed by atoms with van der Waals surface area (Å²) in [6, 6.07) is 10.6. The number of nitrogens with zero attached hydrogens (tertiary/aromatic N) is 1. The minimum absolute atomic E-state index is 0.354. The van der Waals surface area contributed by atoms with Crippen LogP contribution < -0.4 is 0 Å². The Morgan fingerprint density at radius 1 is 1.17 bits per heavy atom. The number of aliphatic imine (C=N–C) groups is 1. The van der Waals surface area contributed by atoms with Gasteiger partial charge in [0.15, 0.2) is 0 Å². The molecule has 1 aromatic rings. The topological polar surface area (TPSA) is 12.4 Å². The summed E-state index contributed by atoms with van der Waals surface area (Å²) in [6.07, 6.45) is 3.96. The van der Waals surface area contributed by atoms with E-state index in [9.17, 15) is 0 Å². The van der Waals surface area contributed by atoms with E-state index in [4.69, 9.17) is 4.99 Å². The fourth-order valence-corrected chi connectivity index (χ4v) is 3.94. The average Bonchev–Trinajstić information content (AvgIpc) is 2.70. The lowest BCUT2D eigenvalue weighted by Crippen LogP contribution is -2.32. The maximum absolute atomic E-state index is 4.96. The van der Waals surface area contributed by atoms with Gasteiger partial charge in [-0.15, -0.1) is 0 Å². The highest BCUT2D eigenvalue weighted by Gasteiger charge is 2.59. The molecule has 1 aromatic carbocycles. The van der Waals surface area contributed by atoms with Crippen molar-refractivity contribution in [2.75, 3.05) is 0 Å². The lowest BCUT2D eigenvalue weighted by Gasteiger charge is -2.34. The van der Waals surface area contributed by atoms with E-state index in [2.05, 4.69) is 51.1 Å². The largest absolute Gasteiger partial charge is 0.289 e. The summed E-state index contributed by atoms with van der Waals surface area (Å²) in [5, 5.41) is 0. The minimum atomic E-state index is 0.354. The third-order valence-corrected chi connectivity index (χ3v) is 5.81. The Morgan fingerprint density at radius 3 is 2.44 bits per heavy atom. The quantitative estimate of drug-likeness (QED) is 0.724. The van der Waals surface area contributed by atoms with Gasteiger partial charge in [0.05, 0.1) is 6.54 Å². The fraction of sp³-hybridized carbons (Fsp3) is 0.588. The molecule has 1 heteroatoms. The van der Waals surface area contributed by atoms with Crippen molar-refractivity contribution in [3.8, 4) is 0 Å². The Kier molecular flexibility index (Phi) is 2.62. The summed E-state index contributed by atoms with van der Waals surface area (Å²) in [6.45, 7) is 8.17. The Morgan fingerprint density at radius 2 is 1.89 bits per heavy atom. The van der Waals surface area contributed by atoms with Crippen molar-refractivity contribution in [2.45, 2.75) is 46.6 Å². The van der Waals surface area contributed by atoms with Crippen LogP contribution in [-0.4, -0.2) is 5.71 Å². The highest BCUT2D eigenvalue weighted by molar-refractivity contribution is 5.94. The van der Waals surface area contributed by atoms with E-state index in [1.165, 1.54) is 30.5 Å². The molecule has 0 unspecified atom stereocenters. The van der Waals surface area contributed by atoms with Crippen LogP contribution in [0.25, 0.3) is 0 Å². The molecule has 0 heterocycles. The van der Waals surface area contributed by atoms with E-state index >= 15 is 0 Å². The van der Waals surface area contributed by atoms with Crippen molar-refractivity contribution in [1.29, 1.82) is 0 Å². The van der Waals surface area contributed by atoms with E-state index in [0.29, 0.717) is 10.8 Å². The molecule has 0 saturated heterocycles. The van der Waals surface area contributed by atoms with Crippen molar-refractivity contribution in [1.82, 2.24) is 0 Å². The summed E-state index contributed by atoms with van der Waals surface area (Å²) >= 11 is 0. The van der Waals surface area contributed by atoms with Crippen LogP contribution in [0.3, 0.4) is 0 Å². The van der Waals surface area contributed by atoms with E-state index in [-0.39, 0.29) is 0 Å². The molecular formula is C17H23N. The Labute approximate surface area is 110 Å². The van der Waals surface area contributed by atoms with Crippen LogP contribution in [0.5, 0.6) is 0 Å². The van der Waals surface area contributed by atoms with Gasteiger partial charge in [0, 0.05) is 11.1 Å². The van der Waals surface area contributed by atoms with Crippen LogP contribution >= 0.6 is 0 Å². The first-order chi connectivity index (χ1) is 8.54. The van der Waals surface area contributed by atoms with Crippen LogP contribution in [0.4, 0.5) is 0 Å². The molecule has 2 atom stereocenters. The highest BCUT2D eigenvalue weighted by atomic mass is 14.8. The molecule has 0 amide bonds. The summed E-state index contributed by atoms with van der Waals surface area (Å²) in [4.78, 5) is 4.96. The van der Waals surface area contributed by atoms with Gasteiger partial charge in [0.25, 0.3) is 0 Å². The Bertz CT molecular complexity index is 472. The molecule has 0 spiro atoms. The molecule has 2 fully saturated rings. The van der Waals surface area contributed by atoms with Gasteiger partial charge in [-0.25, -0.2) is 0 Å². The second-order valence-corrected chi connectivity index (χ2v) is 6.74. The van der Waals surface area contributed by atoms with E-state index < -0.39 is 0 Å². The maximum Gasteiger partial charge on any atom is 0.0639 e. The predicted octanol–water partition coefficient (Wildman–Crippen LogP) is 4.47. The average molecular weight is 241 g/mol. The lowest BCUT2D eigenvalue weighted by atomic mass is 9.70. The first-order valence-electron chi connectivity index (χ1n) is 7.12. The summed E-state index contributed by atoms with van der Waals surface area (Å²) in [7, 11) is 0. The Hall–Kier alpha value is -1.11. The number of fused-ring (bicyclic) bond motifs is 2. The lowest BCUT2D eigenvalue weighted by molar-refractivity contribution is 0.194. The third-order valence-electron chi connectivity index (χ3n) is 5.81. The normalized spacial score (nSPS) is 35.3. The van der Waals surface area contributed by atoms with Crippen molar-refractivity contribution >= 4 is 5.71 Å². The maximum atomic E-state index is 4.96. The van der Waals surface area contributed by atoms with Gasteiger partial charge in [-0.05, 0) is 36.2 Å². The SMILES string of the molecule is CC1(C)[C@H]2CC[C@]1(C)C(=NCc1ccccc1)C2. The molecule has 18 heavy (non-hydrogen) atoms. The summed E-state index contributed by atoms with van der Waals surface area (Å²) in [5.74, 6) is 0.858. The van der Waals surface area contributed by atoms with Gasteiger partial charge in [-0.1, -0.05) is 51.1 Å². The predicted molar refractivity (Wildman–Crippen MR) is 76.8 cm³/mol. The van der Waals surface area contributed by atoms with E-state index in [0.717, 1.165) is 12.5 Å². The van der Waals surface area contributed by atoms with Gasteiger partial charge in [0.1, 0.15) is 0 Å². The molecule has 2 saturated carbocycles. The molecule has 2 aliphatic carbocycles. The second-order valence-electron chi connectivity index (χ2n) is 6.74. The molecular weight excluding hydrogens is 218 g/mol. The zero-order chi connectivity index (χ0) is 12.8. The Balaban J connectivity index is 1.83. The molecule has 1 nitrogen and oxygen atoms in total. The number of benzene rings is 1. The number of hydrogen-bond donors (Lipinski definition) is 0. The van der Waals surface area contributed by atoms with E-state index in [1.54, 1.807) is 0 Å². The minimum Gasteiger partial charge on any atom is -0.289 e. The molecule has 0 radical (unpaired) electrons. The zero-order valence-electron chi connectivity index (χ0n) is 11.7. The van der Waals surface area contributed by atoms with Crippen LogP contribution in [-0.2, 0) is 6.54 Å². The third kappa shape index (κ3) is 1.56. The van der Waals surface area contributed by atoms with Crippen molar-refractivity contribution < 1.29 is 0 Å². The first kappa shape index (κ1) is 12.0. The summed E-state index contributed by atoms with van der Waals surface area (Å²) < 4.78 is 0. The van der Waals surface area contributed by atoms with Gasteiger partial charge in [-0.3, -0.25) is 4.99 Å². The molecule has 0 aliphatic heterocycles. The van der Waals surface area contributed by atoms with Crippen molar-refractivity contribution in [3.05, 3.63) is 35.9 Å². The zero-order valence-corrected chi connectivity index (χ0v) is 11.7. The standard InChI is InChI=1S/C17H23N/c1-16(2)14-9-10-17(16,3)15(11-14)18-12-13-7-5-4-6-8-13/h4-8,14H,9-12H2,1-3H3/t14-,17+/m0/s1. The molecule has 2 bridgehead atoms. The van der Waals surface area contributed by atoms with Crippen LogP contribution in [0.1, 0.15) is 45.6 Å². The monoisotopic (exact) mass is 241 g/mol. The van der Waals surface area contributed by atoms with E-state index in [1.807, 2.05) is 0 Å². The van der Waals surface area contributed by atoms with Crippen molar-refractivity contribution in [3.63, 3.8) is 0 Å². The van der Waals surface area contributed by atoms with Crippen molar-refractivity contribution in [2.24, 2.45) is 21.7 Å². The molecule has 2 aliphatic rings. The first-order valence-corrected chi connectivity index (χ1v) is 7.12. The number of rotatable bonds is 2. The fourth-order valence-electron chi connectivity index (χ4n) is 3.94. The highest BCUT2D eigenvalue weighted by Crippen LogP contribution is 2.64. The van der Waals surface area contributed by atoms with Gasteiger partial charge >= 0.3 is 0 Å². The summed E-state index contributed by atoms with van der Waals surface area (Å²) in [5.41, 5.74) is 3.61. The smallest absolute Gasteiger partial charge is 0.0639 e. The molecule has 96 valence electrons. The van der Waals surface area contributed by atoms with Gasteiger partial charge < -0.3 is 0 Å². The second kappa shape index (κ2) is 3.94. The molecule has 3 rings (SSSR count). The number of hydrogen-bond acceptors (Lipinski definition) is 1. The van der Waals surface area contributed by atoms with Crippen LogP contribution in [0, 0.1) is 16.7 Å².